The zero-order chi connectivity index (χ0) is 53.3. The first-order valence-electron chi connectivity index (χ1n) is 24.5. The number of nitriles is 1. The van der Waals surface area contributed by atoms with E-state index in [1.807, 2.05) is 123 Å². The quantitative estimate of drug-likeness (QED) is 0.0546. The monoisotopic (exact) mass is 1040 g/mol. The first kappa shape index (κ1) is 55.9. The van der Waals surface area contributed by atoms with Crippen LogP contribution in [0, 0.1) is 29.1 Å². The molecule has 0 saturated carbocycles. The van der Waals surface area contributed by atoms with E-state index < -0.39 is 91.3 Å². The molecule has 10 atom stereocenters. The summed E-state index contributed by atoms with van der Waals surface area (Å²) in [6.45, 7) is 8.29. The van der Waals surface area contributed by atoms with Crippen molar-refractivity contribution in [3.8, 4) is 17.6 Å². The van der Waals surface area contributed by atoms with Crippen LogP contribution < -0.4 is 32.0 Å². The van der Waals surface area contributed by atoms with Crippen molar-refractivity contribution in [2.75, 3.05) is 61.8 Å². The maximum Gasteiger partial charge on any atom is 0.330 e. The zero-order valence-corrected chi connectivity index (χ0v) is 44.1. The molecule has 7 rings (SSSR count). The molecular weight excluding hydrogens is 974 g/mol. The number of H-pyrrole nitrogens is 2. The van der Waals surface area contributed by atoms with Gasteiger partial charge in [-0.3, -0.25) is 28.7 Å². The third kappa shape index (κ3) is 12.1. The summed E-state index contributed by atoms with van der Waals surface area (Å²) in [5, 5.41) is 10.8. The Morgan fingerprint density at radius 2 is 1.23 bits per heavy atom. The molecule has 2 unspecified atom stereocenters. The fourth-order valence-electron chi connectivity index (χ4n) is 10.5. The van der Waals surface area contributed by atoms with Gasteiger partial charge in [-0.2, -0.15) is 5.26 Å². The van der Waals surface area contributed by atoms with Crippen molar-refractivity contribution in [3.63, 3.8) is 0 Å². The Balaban J connectivity index is 1.22. The molecule has 0 bridgehead atoms. The number of ether oxygens (including phenoxy) is 7. The molecule has 3 aromatic carbocycles. The number of nitrogens with one attached hydrogen (secondary N) is 2. The van der Waals surface area contributed by atoms with Crippen molar-refractivity contribution in [1.82, 2.24) is 28.7 Å². The largest absolute Gasteiger partial charge is 0.497 e. The zero-order valence-electron chi connectivity index (χ0n) is 43.2. The Morgan fingerprint density at radius 1 is 0.730 bits per heavy atom. The number of aromatic amines is 2. The van der Waals surface area contributed by atoms with Crippen molar-refractivity contribution >= 4 is 8.53 Å². The molecule has 2 fully saturated rings. The topological polar surface area (TPSA) is 234 Å². The second kappa shape index (κ2) is 25.1. The molecule has 398 valence electrons. The third-order valence-corrected chi connectivity index (χ3v) is 15.6. The number of methoxy groups -OCH3 is 4. The number of aromatic nitrogens is 4. The minimum absolute atomic E-state index is 0.00296. The number of likely N-dealkylation sites (N-methyl/N-ethyl adjacent to an activating group) is 1. The fourth-order valence-corrected chi connectivity index (χ4v) is 11.7. The molecular formula is C53H68N7O13P. The van der Waals surface area contributed by atoms with Crippen LogP contribution in [-0.2, 0) is 33.8 Å². The second-order valence-electron chi connectivity index (χ2n) is 19.0. The Hall–Kier alpha value is -5.82. The summed E-state index contributed by atoms with van der Waals surface area (Å²) in [7, 11) is 6.05. The molecule has 2 aliphatic rings. The number of benzene rings is 3. The lowest BCUT2D eigenvalue weighted by Gasteiger charge is -2.37. The summed E-state index contributed by atoms with van der Waals surface area (Å²) in [5.41, 5.74) is -1.30. The maximum atomic E-state index is 13.4. The van der Waals surface area contributed by atoms with Gasteiger partial charge in [-0.1, -0.05) is 54.6 Å². The Morgan fingerprint density at radius 3 is 1.70 bits per heavy atom. The minimum atomic E-state index is -2.08. The average Bonchev–Trinajstić information content (AvgIpc) is 3.93. The molecule has 0 aliphatic carbocycles. The lowest BCUT2D eigenvalue weighted by Crippen LogP contribution is -2.42. The van der Waals surface area contributed by atoms with Crippen LogP contribution in [-0.4, -0.2) is 132 Å². The molecule has 0 spiro atoms. The number of nitrogens with zero attached hydrogens (tertiary/aromatic N) is 5. The van der Waals surface area contributed by atoms with E-state index in [1.54, 1.807) is 21.3 Å². The lowest BCUT2D eigenvalue weighted by atomic mass is 9.79. The molecule has 2 aromatic heterocycles. The van der Waals surface area contributed by atoms with Gasteiger partial charge in [0.1, 0.15) is 29.3 Å². The Bertz CT molecular complexity index is 2820. The van der Waals surface area contributed by atoms with Crippen LogP contribution in [0.4, 0.5) is 0 Å². The normalized spacial score (nSPS) is 22.9. The molecule has 74 heavy (non-hydrogen) atoms. The summed E-state index contributed by atoms with van der Waals surface area (Å²) in [6, 6.07) is 29.9. The molecule has 4 heterocycles. The number of hydrogen-bond acceptors (Lipinski definition) is 16. The molecule has 2 saturated heterocycles. The molecule has 21 heteroatoms. The van der Waals surface area contributed by atoms with Crippen LogP contribution in [0.3, 0.4) is 0 Å². The van der Waals surface area contributed by atoms with Gasteiger partial charge >= 0.3 is 11.4 Å². The standard InChI is InChI=1S/C53H68N7O13P/c1-33(2)60(34(3)4)74(65)71-31-35(29-54)46-42(72-50(48(46)69-9)59-28-25-45(62)56-52(59)64)30-57(5)26-23-41-43(73-49(47(41)68-8)58-27-24-44(61)55-51(58)63)32-70-53(36-13-11-10-12-14-36,37-15-19-39(66-6)20-16-37)38-17-21-40(67-7)22-18-38/h10-22,24-25,27-28,33-35,41-43,46-50,65H,23,26,30-32H2,1-9H3,(H,55,61,63)(H,56,62,64)/t35?,41-,42+,43-,46-,47-,48-,49-,50-,74?/m1/s1. The van der Waals surface area contributed by atoms with E-state index in [1.165, 1.54) is 40.8 Å². The van der Waals surface area contributed by atoms with E-state index in [-0.39, 0.29) is 31.8 Å². The van der Waals surface area contributed by atoms with E-state index >= 15 is 0 Å². The van der Waals surface area contributed by atoms with E-state index in [4.69, 9.17) is 37.7 Å². The first-order valence-corrected chi connectivity index (χ1v) is 25.7. The van der Waals surface area contributed by atoms with Crippen molar-refractivity contribution in [3.05, 3.63) is 162 Å². The van der Waals surface area contributed by atoms with Crippen LogP contribution in [0.25, 0.3) is 0 Å². The maximum absolute atomic E-state index is 13.4. The average molecular weight is 1040 g/mol. The highest BCUT2D eigenvalue weighted by Gasteiger charge is 2.52. The highest BCUT2D eigenvalue weighted by Crippen LogP contribution is 2.46. The van der Waals surface area contributed by atoms with Gasteiger partial charge in [-0.05, 0) is 88.7 Å². The lowest BCUT2D eigenvalue weighted by molar-refractivity contribution is -0.0932. The van der Waals surface area contributed by atoms with E-state index in [2.05, 4.69) is 16.0 Å². The van der Waals surface area contributed by atoms with Gasteiger partial charge < -0.3 is 47.5 Å². The van der Waals surface area contributed by atoms with Gasteiger partial charge in [0.2, 0.25) is 0 Å². The summed E-state index contributed by atoms with van der Waals surface area (Å²) in [4.78, 5) is 69.0. The van der Waals surface area contributed by atoms with Gasteiger partial charge in [0.25, 0.3) is 19.6 Å². The SMILES string of the molecule is COc1ccc(C(OC[C@H]2O[C@@H](n3ccc(=O)[nH]c3=O)[C@H](OC)[C@@H]2CCN(C)C[C@@H]2O[C@@H](n3ccc(=O)[nH]c3=O)[C@H](OC)[C@@H]2C(C#N)COP(O)N(C(C)C)C(C)C)(c2ccccc2)c2ccc(OC)cc2)cc1. The van der Waals surface area contributed by atoms with Gasteiger partial charge in [0.15, 0.2) is 12.5 Å². The second-order valence-corrected chi connectivity index (χ2v) is 20.3. The van der Waals surface area contributed by atoms with Crippen molar-refractivity contribution in [2.24, 2.45) is 17.8 Å². The van der Waals surface area contributed by atoms with Crippen LogP contribution in [0.2, 0.25) is 0 Å². The van der Waals surface area contributed by atoms with Gasteiger partial charge in [0, 0.05) is 69.2 Å². The smallest absolute Gasteiger partial charge is 0.330 e. The van der Waals surface area contributed by atoms with Crippen molar-refractivity contribution in [2.45, 2.75) is 88.7 Å². The van der Waals surface area contributed by atoms with Crippen LogP contribution in [0.15, 0.2) is 123 Å². The predicted octanol–water partition coefficient (Wildman–Crippen LogP) is 4.99. The minimum Gasteiger partial charge on any atom is -0.497 e. The summed E-state index contributed by atoms with van der Waals surface area (Å²) < 4.78 is 54.7. The van der Waals surface area contributed by atoms with E-state index in [9.17, 15) is 29.3 Å². The fraction of sp³-hybridized carbons (Fsp3) is 0.491. The Kier molecular flexibility index (Phi) is 19.0. The molecule has 2 aliphatic heterocycles. The highest BCUT2D eigenvalue weighted by molar-refractivity contribution is 7.43. The molecule has 3 N–H and O–H groups in total. The number of hydrogen-bond donors (Lipinski definition) is 3. The molecule has 0 amide bonds. The molecule has 20 nitrogen and oxygen atoms in total. The van der Waals surface area contributed by atoms with Crippen LogP contribution in [0.1, 0.15) is 63.3 Å². The van der Waals surface area contributed by atoms with Gasteiger partial charge in [-0.25, -0.2) is 14.3 Å². The number of rotatable bonds is 24. The van der Waals surface area contributed by atoms with Gasteiger partial charge in [0.05, 0.1) is 51.6 Å². The van der Waals surface area contributed by atoms with Gasteiger partial charge in [-0.15, -0.1) is 0 Å². The molecule has 0 radical (unpaired) electrons. The third-order valence-electron chi connectivity index (χ3n) is 13.9. The highest BCUT2D eigenvalue weighted by atomic mass is 31.2. The summed E-state index contributed by atoms with van der Waals surface area (Å²) >= 11 is 0. The van der Waals surface area contributed by atoms with Crippen molar-refractivity contribution < 1.29 is 42.6 Å². The Labute approximate surface area is 431 Å². The first-order chi connectivity index (χ1) is 35.6. The van der Waals surface area contributed by atoms with E-state index in [0.29, 0.717) is 24.5 Å². The summed E-state index contributed by atoms with van der Waals surface area (Å²) in [5.74, 6) is -0.670. The molecule has 5 aromatic rings. The predicted molar refractivity (Wildman–Crippen MR) is 276 cm³/mol. The van der Waals surface area contributed by atoms with Crippen molar-refractivity contribution in [1.29, 1.82) is 5.26 Å². The summed E-state index contributed by atoms with van der Waals surface area (Å²) in [6.07, 6.45) is -1.88. The van der Waals surface area contributed by atoms with Crippen LogP contribution >= 0.6 is 8.53 Å². The van der Waals surface area contributed by atoms with E-state index in [0.717, 1.165) is 16.7 Å². The van der Waals surface area contributed by atoms with Crippen LogP contribution in [0.5, 0.6) is 11.5 Å².